The van der Waals surface area contributed by atoms with Crippen molar-refractivity contribution in [1.82, 2.24) is 0 Å². The molecule has 1 N–H and O–H groups in total. The Bertz CT molecular complexity index is 644. The first kappa shape index (κ1) is 18.8. The maximum Gasteiger partial charge on any atom is 0.133 e. The van der Waals surface area contributed by atoms with E-state index < -0.39 is 0 Å². The van der Waals surface area contributed by atoms with Crippen LogP contribution in [0.2, 0.25) is 0 Å². The van der Waals surface area contributed by atoms with E-state index in [9.17, 15) is 5.11 Å². The maximum absolute atomic E-state index is 10.6. The van der Waals surface area contributed by atoms with Gasteiger partial charge in [-0.25, -0.2) is 0 Å². The van der Waals surface area contributed by atoms with Crippen LogP contribution in [0.1, 0.15) is 75.3 Å². The van der Waals surface area contributed by atoms with E-state index in [0.717, 1.165) is 16.9 Å². The summed E-state index contributed by atoms with van der Waals surface area (Å²) in [5.41, 5.74) is 1.51. The van der Waals surface area contributed by atoms with Crippen LogP contribution >= 0.6 is 0 Å². The zero-order valence-electron chi connectivity index (χ0n) is 15.8. The van der Waals surface area contributed by atoms with Crippen LogP contribution in [0.3, 0.4) is 0 Å². The summed E-state index contributed by atoms with van der Waals surface area (Å²) in [6, 6.07) is 5.77. The third-order valence-corrected chi connectivity index (χ3v) is 5.79. The Morgan fingerprint density at radius 1 is 0.962 bits per heavy atom. The van der Waals surface area contributed by atoms with Crippen LogP contribution in [-0.2, 0) is 4.74 Å². The molecule has 0 aromatic heterocycles. The minimum Gasteiger partial charge on any atom is -0.507 e. The van der Waals surface area contributed by atoms with Gasteiger partial charge in [0.15, 0.2) is 0 Å². The fourth-order valence-electron chi connectivity index (χ4n) is 4.18. The molecule has 0 amide bonds. The Hall–Kier alpha value is -1.96. The standard InChI is InChI=1S/C24H32O2/c1-2-21-14-9-15-22(24(21)25)23(18-20-12-7-4-8-13-20)26-17-16-19-10-5-3-6-11-19/h2,9,14-20,25H,1,3-8,10-13H2/b17-16+,23-18-. The first-order chi connectivity index (χ1) is 12.8. The monoisotopic (exact) mass is 352 g/mol. The first-order valence-corrected chi connectivity index (χ1v) is 10.3. The van der Waals surface area contributed by atoms with E-state index in [1.165, 1.54) is 64.2 Å². The average Bonchev–Trinajstić information content (AvgIpc) is 2.69. The molecule has 2 fully saturated rings. The van der Waals surface area contributed by atoms with E-state index in [1.54, 1.807) is 6.08 Å². The number of hydrogen-bond acceptors (Lipinski definition) is 2. The highest BCUT2D eigenvalue weighted by Crippen LogP contribution is 2.34. The fourth-order valence-corrected chi connectivity index (χ4v) is 4.18. The Balaban J connectivity index is 1.80. The minimum atomic E-state index is 0.260. The molecule has 0 saturated heterocycles. The van der Waals surface area contributed by atoms with Crippen LogP contribution in [0, 0.1) is 11.8 Å². The van der Waals surface area contributed by atoms with Gasteiger partial charge in [-0.3, -0.25) is 0 Å². The first-order valence-electron chi connectivity index (χ1n) is 10.3. The summed E-state index contributed by atoms with van der Waals surface area (Å²) < 4.78 is 6.10. The molecule has 1 aromatic rings. The number of phenolic OH excluding ortho intramolecular Hbond substituents is 1. The Labute approximate surface area is 158 Å². The van der Waals surface area contributed by atoms with Crippen molar-refractivity contribution in [1.29, 1.82) is 0 Å². The fraction of sp³-hybridized carbons (Fsp3) is 0.500. The van der Waals surface area contributed by atoms with Crippen molar-refractivity contribution in [3.63, 3.8) is 0 Å². The number of benzene rings is 1. The SMILES string of the molecule is C=Cc1cccc(/C(=C/C2CCCCC2)O/C=C/C2CCCCC2)c1O. The summed E-state index contributed by atoms with van der Waals surface area (Å²) in [4.78, 5) is 0. The molecule has 0 bridgehead atoms. The summed E-state index contributed by atoms with van der Waals surface area (Å²) in [5, 5.41) is 10.6. The van der Waals surface area contributed by atoms with Crippen molar-refractivity contribution in [3.8, 4) is 5.75 Å². The van der Waals surface area contributed by atoms with Crippen LogP contribution in [0.15, 0.2) is 43.2 Å². The molecule has 3 rings (SSSR count). The number of hydrogen-bond donors (Lipinski definition) is 1. The van der Waals surface area contributed by atoms with Gasteiger partial charge in [0.05, 0.1) is 11.8 Å². The van der Waals surface area contributed by atoms with Crippen LogP contribution in [0.4, 0.5) is 0 Å². The topological polar surface area (TPSA) is 29.5 Å². The van der Waals surface area contributed by atoms with Crippen LogP contribution in [0.25, 0.3) is 11.8 Å². The number of rotatable bonds is 6. The summed E-state index contributed by atoms with van der Waals surface area (Å²) in [7, 11) is 0. The number of allylic oxidation sites excluding steroid dienone is 2. The predicted molar refractivity (Wildman–Crippen MR) is 110 cm³/mol. The van der Waals surface area contributed by atoms with Crippen LogP contribution in [-0.4, -0.2) is 5.11 Å². The molecule has 1 aromatic carbocycles. The van der Waals surface area contributed by atoms with E-state index in [4.69, 9.17) is 4.74 Å². The molecular weight excluding hydrogens is 320 g/mol. The summed E-state index contributed by atoms with van der Waals surface area (Å²) >= 11 is 0. The lowest BCUT2D eigenvalue weighted by Crippen LogP contribution is -2.05. The van der Waals surface area contributed by atoms with Gasteiger partial charge in [0.25, 0.3) is 0 Å². The normalized spacial score (nSPS) is 20.4. The highest BCUT2D eigenvalue weighted by Gasteiger charge is 2.17. The second-order valence-electron chi connectivity index (χ2n) is 7.72. The van der Waals surface area contributed by atoms with E-state index in [2.05, 4.69) is 18.7 Å². The Morgan fingerprint density at radius 2 is 1.62 bits per heavy atom. The zero-order chi connectivity index (χ0) is 18.2. The second kappa shape index (κ2) is 9.66. The van der Waals surface area contributed by atoms with Gasteiger partial charge >= 0.3 is 0 Å². The predicted octanol–water partition coefficient (Wildman–Crippen LogP) is 7.07. The summed E-state index contributed by atoms with van der Waals surface area (Å²) in [6.45, 7) is 3.80. The second-order valence-corrected chi connectivity index (χ2v) is 7.72. The van der Waals surface area contributed by atoms with Crippen molar-refractivity contribution in [2.24, 2.45) is 11.8 Å². The Kier molecular flexibility index (Phi) is 6.99. The van der Waals surface area contributed by atoms with E-state index in [1.807, 2.05) is 24.5 Å². The third-order valence-electron chi connectivity index (χ3n) is 5.79. The van der Waals surface area contributed by atoms with E-state index >= 15 is 0 Å². The van der Waals surface area contributed by atoms with Crippen molar-refractivity contribution in [2.75, 3.05) is 0 Å². The minimum absolute atomic E-state index is 0.260. The Morgan fingerprint density at radius 3 is 2.27 bits per heavy atom. The summed E-state index contributed by atoms with van der Waals surface area (Å²) in [6.07, 6.45) is 20.8. The lowest BCUT2D eigenvalue weighted by molar-refractivity contribution is 0.380. The molecule has 0 spiro atoms. The number of phenols is 1. The molecule has 2 heteroatoms. The summed E-state index contributed by atoms with van der Waals surface area (Å²) in [5.74, 6) is 2.21. The lowest BCUT2D eigenvalue weighted by atomic mass is 9.88. The maximum atomic E-state index is 10.6. The van der Waals surface area contributed by atoms with Gasteiger partial charge in [0.2, 0.25) is 0 Å². The molecule has 26 heavy (non-hydrogen) atoms. The molecule has 2 saturated carbocycles. The van der Waals surface area contributed by atoms with Gasteiger partial charge in [-0.05, 0) is 55.7 Å². The molecule has 0 radical (unpaired) electrons. The molecule has 0 aliphatic heterocycles. The van der Waals surface area contributed by atoms with Crippen molar-refractivity contribution in [3.05, 3.63) is 54.3 Å². The van der Waals surface area contributed by atoms with Gasteiger partial charge in [-0.2, -0.15) is 0 Å². The third kappa shape index (κ3) is 5.03. The van der Waals surface area contributed by atoms with Crippen molar-refractivity contribution < 1.29 is 9.84 Å². The largest absolute Gasteiger partial charge is 0.507 e. The number of aromatic hydroxyl groups is 1. The smallest absolute Gasteiger partial charge is 0.133 e. The molecule has 0 heterocycles. The van der Waals surface area contributed by atoms with Crippen molar-refractivity contribution >= 4 is 11.8 Å². The number of para-hydroxylation sites is 1. The van der Waals surface area contributed by atoms with Gasteiger partial charge < -0.3 is 9.84 Å². The van der Waals surface area contributed by atoms with Gasteiger partial charge in [0, 0.05) is 5.56 Å². The quantitative estimate of drug-likeness (QED) is 0.555. The zero-order valence-corrected chi connectivity index (χ0v) is 15.8. The highest BCUT2D eigenvalue weighted by atomic mass is 16.5. The van der Waals surface area contributed by atoms with E-state index in [0.29, 0.717) is 11.8 Å². The molecule has 140 valence electrons. The highest BCUT2D eigenvalue weighted by molar-refractivity contribution is 5.71. The molecule has 0 atom stereocenters. The molecular formula is C24H32O2. The molecule has 2 nitrogen and oxygen atoms in total. The van der Waals surface area contributed by atoms with Crippen molar-refractivity contribution in [2.45, 2.75) is 64.2 Å². The molecule has 2 aliphatic rings. The lowest BCUT2D eigenvalue weighted by Gasteiger charge is -2.21. The number of ether oxygens (including phenoxy) is 1. The van der Waals surface area contributed by atoms with Gasteiger partial charge in [0.1, 0.15) is 11.5 Å². The van der Waals surface area contributed by atoms with Crippen LogP contribution < -0.4 is 0 Å². The molecule has 2 aliphatic carbocycles. The van der Waals surface area contributed by atoms with Crippen LogP contribution in [0.5, 0.6) is 5.75 Å². The molecule has 0 unspecified atom stereocenters. The van der Waals surface area contributed by atoms with Gasteiger partial charge in [-0.15, -0.1) is 0 Å². The van der Waals surface area contributed by atoms with Gasteiger partial charge in [-0.1, -0.05) is 63.3 Å². The van der Waals surface area contributed by atoms with E-state index in [-0.39, 0.29) is 5.75 Å². The average molecular weight is 353 g/mol.